The first kappa shape index (κ1) is 16.4. The highest BCUT2D eigenvalue weighted by Crippen LogP contribution is 2.20. The van der Waals surface area contributed by atoms with E-state index in [0.717, 1.165) is 30.8 Å². The molecule has 0 aromatic carbocycles. The summed E-state index contributed by atoms with van der Waals surface area (Å²) in [5, 5.41) is 7.31. The van der Waals surface area contributed by atoms with Crippen LogP contribution in [0.15, 0.2) is 6.20 Å². The fourth-order valence-electron chi connectivity index (χ4n) is 2.14. The maximum absolute atomic E-state index is 12.1. The van der Waals surface area contributed by atoms with Crippen LogP contribution in [0.25, 0.3) is 0 Å². The Morgan fingerprint density at radius 2 is 2.42 bits per heavy atom. The Hall–Kier alpha value is -0.650. The van der Waals surface area contributed by atoms with Crippen molar-refractivity contribution in [3.63, 3.8) is 0 Å². The predicted molar refractivity (Wildman–Crippen MR) is 80.9 cm³/mol. The number of aromatic nitrogens is 1. The van der Waals surface area contributed by atoms with E-state index in [9.17, 15) is 4.79 Å². The van der Waals surface area contributed by atoms with E-state index in [1.165, 1.54) is 11.3 Å². The molecule has 1 aliphatic rings. The van der Waals surface area contributed by atoms with Crippen LogP contribution in [0.5, 0.6) is 0 Å². The van der Waals surface area contributed by atoms with Crippen molar-refractivity contribution in [2.24, 2.45) is 0 Å². The van der Waals surface area contributed by atoms with Crippen molar-refractivity contribution in [1.29, 1.82) is 0 Å². The zero-order valence-electron chi connectivity index (χ0n) is 11.4. The monoisotopic (exact) mass is 303 g/mol. The van der Waals surface area contributed by atoms with E-state index in [1.54, 1.807) is 11.3 Å². The van der Waals surface area contributed by atoms with Crippen molar-refractivity contribution in [3.8, 4) is 0 Å². The fraction of sp³-hybridized carbons (Fsp3) is 0.692. The van der Waals surface area contributed by atoms with Crippen LogP contribution in [-0.4, -0.2) is 23.5 Å². The maximum Gasteiger partial charge on any atom is 0.237 e. The van der Waals surface area contributed by atoms with Gasteiger partial charge in [0.2, 0.25) is 5.91 Å². The van der Waals surface area contributed by atoms with Gasteiger partial charge in [-0.05, 0) is 32.7 Å². The van der Waals surface area contributed by atoms with Gasteiger partial charge in [-0.1, -0.05) is 13.3 Å². The number of aryl methyl sites for hydroxylation is 1. The lowest BCUT2D eigenvalue weighted by Gasteiger charge is -2.24. The van der Waals surface area contributed by atoms with Crippen molar-refractivity contribution in [3.05, 3.63) is 16.1 Å². The number of hydrogen-bond donors (Lipinski definition) is 2. The second-order valence-electron chi connectivity index (χ2n) is 4.75. The summed E-state index contributed by atoms with van der Waals surface area (Å²) in [6.45, 7) is 5.06. The molecular weight excluding hydrogens is 282 g/mol. The largest absolute Gasteiger partial charge is 0.346 e. The van der Waals surface area contributed by atoms with Gasteiger partial charge >= 0.3 is 0 Å². The third-order valence-electron chi connectivity index (χ3n) is 3.28. The quantitative estimate of drug-likeness (QED) is 0.898. The normalized spacial score (nSPS) is 20.4. The Balaban J connectivity index is 0.00000180. The minimum atomic E-state index is -0.0215. The molecule has 0 aliphatic carbocycles. The molecule has 1 fully saturated rings. The Labute approximate surface area is 124 Å². The molecule has 108 valence electrons. The molecule has 1 saturated heterocycles. The zero-order valence-corrected chi connectivity index (χ0v) is 13.1. The van der Waals surface area contributed by atoms with Crippen LogP contribution in [0.3, 0.4) is 0 Å². The van der Waals surface area contributed by atoms with E-state index in [1.807, 2.05) is 13.1 Å². The van der Waals surface area contributed by atoms with Gasteiger partial charge < -0.3 is 10.6 Å². The third kappa shape index (κ3) is 4.44. The van der Waals surface area contributed by atoms with Gasteiger partial charge in [0.05, 0.1) is 12.1 Å². The van der Waals surface area contributed by atoms with Crippen LogP contribution < -0.4 is 10.6 Å². The van der Waals surface area contributed by atoms with Crippen molar-refractivity contribution in [2.45, 2.75) is 51.6 Å². The van der Waals surface area contributed by atoms with Gasteiger partial charge in [0.25, 0.3) is 0 Å². The highest BCUT2D eigenvalue weighted by molar-refractivity contribution is 7.11. The van der Waals surface area contributed by atoms with Crippen LogP contribution in [-0.2, 0) is 11.2 Å². The minimum Gasteiger partial charge on any atom is -0.346 e. The van der Waals surface area contributed by atoms with E-state index in [2.05, 4.69) is 22.5 Å². The van der Waals surface area contributed by atoms with Crippen LogP contribution in [0.4, 0.5) is 0 Å². The molecule has 4 nitrogen and oxygen atoms in total. The van der Waals surface area contributed by atoms with Gasteiger partial charge in [-0.3, -0.25) is 4.79 Å². The number of nitrogens with one attached hydrogen (secondary N) is 2. The summed E-state index contributed by atoms with van der Waals surface area (Å²) >= 11 is 1.68. The summed E-state index contributed by atoms with van der Waals surface area (Å²) in [4.78, 5) is 17.7. The van der Waals surface area contributed by atoms with Gasteiger partial charge in [-0.25, -0.2) is 4.98 Å². The number of piperidine rings is 1. The number of amides is 1. The molecule has 0 spiro atoms. The molecule has 0 radical (unpaired) electrons. The summed E-state index contributed by atoms with van der Waals surface area (Å²) in [5.74, 6) is 0.107. The molecule has 0 bridgehead atoms. The van der Waals surface area contributed by atoms with Gasteiger partial charge in [-0.2, -0.15) is 0 Å². The number of carbonyl (C=O) groups is 1. The van der Waals surface area contributed by atoms with Crippen molar-refractivity contribution in [1.82, 2.24) is 15.6 Å². The summed E-state index contributed by atoms with van der Waals surface area (Å²) in [7, 11) is 0. The van der Waals surface area contributed by atoms with E-state index in [4.69, 9.17) is 0 Å². The number of thiazole rings is 1. The van der Waals surface area contributed by atoms with Gasteiger partial charge in [0, 0.05) is 11.1 Å². The number of rotatable bonds is 4. The molecule has 2 atom stereocenters. The highest BCUT2D eigenvalue weighted by atomic mass is 35.5. The summed E-state index contributed by atoms with van der Waals surface area (Å²) in [6, 6.07) is -0.0154. The molecule has 2 rings (SSSR count). The molecule has 2 heterocycles. The average Bonchev–Trinajstić information content (AvgIpc) is 2.88. The Kier molecular flexibility index (Phi) is 6.75. The van der Waals surface area contributed by atoms with E-state index < -0.39 is 0 Å². The molecule has 1 unspecified atom stereocenters. The molecule has 6 heteroatoms. The predicted octanol–water partition coefficient (Wildman–Crippen LogP) is 2.45. The Morgan fingerprint density at radius 1 is 1.63 bits per heavy atom. The SMILES string of the molecule is CCc1cnc(C(C)NC(=O)[C@@H]2CCCCN2)s1.Cl. The van der Waals surface area contributed by atoms with Crippen LogP contribution in [0, 0.1) is 0 Å². The first-order chi connectivity index (χ1) is 8.70. The average molecular weight is 304 g/mol. The van der Waals surface area contributed by atoms with Gasteiger partial charge in [0.1, 0.15) is 5.01 Å². The van der Waals surface area contributed by atoms with Gasteiger partial charge in [-0.15, -0.1) is 23.7 Å². The first-order valence-corrected chi connectivity index (χ1v) is 7.50. The standard InChI is InChI=1S/C13H21N3OS.ClH/c1-3-10-8-15-13(18-10)9(2)16-12(17)11-6-4-5-7-14-11;/h8-9,11,14H,3-7H2,1-2H3,(H,16,17);1H/t9?,11-;/m0./s1. The second kappa shape index (κ2) is 7.82. The smallest absolute Gasteiger partial charge is 0.237 e. The number of hydrogen-bond acceptors (Lipinski definition) is 4. The zero-order chi connectivity index (χ0) is 13.0. The molecule has 2 N–H and O–H groups in total. The maximum atomic E-state index is 12.1. The number of halogens is 1. The molecule has 0 saturated carbocycles. The van der Waals surface area contributed by atoms with Crippen molar-refractivity contribution in [2.75, 3.05) is 6.54 Å². The van der Waals surface area contributed by atoms with Crippen molar-refractivity contribution >= 4 is 29.7 Å². The lowest BCUT2D eigenvalue weighted by atomic mass is 10.0. The molecule has 1 aromatic rings. The molecule has 1 aromatic heterocycles. The topological polar surface area (TPSA) is 54.0 Å². The van der Waals surface area contributed by atoms with E-state index in [0.29, 0.717) is 0 Å². The van der Waals surface area contributed by atoms with E-state index in [-0.39, 0.29) is 30.4 Å². The summed E-state index contributed by atoms with van der Waals surface area (Å²) in [6.07, 6.45) is 6.16. The van der Waals surface area contributed by atoms with Crippen LogP contribution in [0.2, 0.25) is 0 Å². The fourth-order valence-corrected chi connectivity index (χ4v) is 3.00. The van der Waals surface area contributed by atoms with Crippen LogP contribution in [0.1, 0.15) is 49.0 Å². The van der Waals surface area contributed by atoms with E-state index >= 15 is 0 Å². The number of nitrogens with zero attached hydrogens (tertiary/aromatic N) is 1. The van der Waals surface area contributed by atoms with Crippen LogP contribution >= 0.6 is 23.7 Å². The van der Waals surface area contributed by atoms with Crippen molar-refractivity contribution < 1.29 is 4.79 Å². The Morgan fingerprint density at radius 3 is 3.00 bits per heavy atom. The first-order valence-electron chi connectivity index (χ1n) is 6.69. The lowest BCUT2D eigenvalue weighted by Crippen LogP contribution is -2.47. The molecular formula is C13H22ClN3OS. The molecule has 1 aliphatic heterocycles. The molecule has 19 heavy (non-hydrogen) atoms. The lowest BCUT2D eigenvalue weighted by molar-refractivity contribution is -0.124. The number of carbonyl (C=O) groups excluding carboxylic acids is 1. The summed E-state index contributed by atoms with van der Waals surface area (Å²) < 4.78 is 0. The molecule has 1 amide bonds. The minimum absolute atomic E-state index is 0. The highest BCUT2D eigenvalue weighted by Gasteiger charge is 2.22. The van der Waals surface area contributed by atoms with Gasteiger partial charge in [0.15, 0.2) is 0 Å². The second-order valence-corrected chi connectivity index (χ2v) is 5.90. The summed E-state index contributed by atoms with van der Waals surface area (Å²) in [5.41, 5.74) is 0. The Bertz CT molecular complexity index is 404. The third-order valence-corrected chi connectivity index (χ3v) is 4.60.